The number of hydrogen-bond acceptors (Lipinski definition) is 7. The van der Waals surface area contributed by atoms with Gasteiger partial charge in [-0.05, 0) is 18.6 Å². The van der Waals surface area contributed by atoms with Crippen LogP contribution in [0, 0.1) is 0 Å². The van der Waals surface area contributed by atoms with Gasteiger partial charge in [0, 0.05) is 12.6 Å². The second-order valence-corrected chi connectivity index (χ2v) is 5.78. The number of anilines is 1. The van der Waals surface area contributed by atoms with E-state index < -0.39 is 22.0 Å². The second kappa shape index (κ2) is 7.68. The maximum absolute atomic E-state index is 11.6. The van der Waals surface area contributed by atoms with Crippen LogP contribution >= 0.6 is 0 Å². The summed E-state index contributed by atoms with van der Waals surface area (Å²) in [5.41, 5.74) is 6.48. The van der Waals surface area contributed by atoms with E-state index in [1.54, 1.807) is 12.1 Å². The number of hydrogen-bond donors (Lipinski definition) is 1. The van der Waals surface area contributed by atoms with Gasteiger partial charge in [0.25, 0.3) is 0 Å². The molecule has 20 heavy (non-hydrogen) atoms. The lowest BCUT2D eigenvalue weighted by Gasteiger charge is -2.07. The molecule has 0 spiro atoms. The van der Waals surface area contributed by atoms with Crippen molar-refractivity contribution < 1.29 is 22.1 Å². The molecule has 0 saturated heterocycles. The van der Waals surface area contributed by atoms with Crippen molar-refractivity contribution in [1.29, 1.82) is 0 Å². The summed E-state index contributed by atoms with van der Waals surface area (Å²) in [7, 11) is -4.00. The predicted octanol–water partition coefficient (Wildman–Crippen LogP) is 1.49. The first-order valence-corrected chi connectivity index (χ1v) is 7.80. The van der Waals surface area contributed by atoms with Gasteiger partial charge in [0.05, 0.1) is 23.7 Å². The number of aryl methyl sites for hydroxylation is 1. The third-order valence-corrected chi connectivity index (χ3v) is 3.52. The van der Waals surface area contributed by atoms with Gasteiger partial charge in [0.15, 0.2) is 0 Å². The van der Waals surface area contributed by atoms with Crippen molar-refractivity contribution in [3.63, 3.8) is 0 Å². The fraction of sp³-hybridized carbons (Fsp3) is 0.500. The Labute approximate surface area is 118 Å². The lowest BCUT2D eigenvalue weighted by Crippen LogP contribution is -2.19. The minimum Gasteiger partial charge on any atom is -0.433 e. The van der Waals surface area contributed by atoms with E-state index in [9.17, 15) is 13.2 Å². The summed E-state index contributed by atoms with van der Waals surface area (Å²) in [6.45, 7) is 2.06. The average Bonchev–Trinajstić information content (AvgIpc) is 2.37. The molecule has 2 N–H and O–H groups in total. The largest absolute Gasteiger partial charge is 0.524 e. The summed E-state index contributed by atoms with van der Waals surface area (Å²) < 4.78 is 32.0. The van der Waals surface area contributed by atoms with Crippen molar-refractivity contribution in [2.75, 3.05) is 18.1 Å². The van der Waals surface area contributed by atoms with Crippen LogP contribution in [0.5, 0.6) is 0 Å². The maximum atomic E-state index is 11.6. The standard InChI is InChI=1S/C12H18N2O5S/c1-2-3-8-18-12(15)19-20(16,17)9-6-11-10(13)5-4-7-14-11/h4-5,7H,2-3,6,8-9,13H2,1H3. The molecule has 0 bridgehead atoms. The number of nitrogens with two attached hydrogens (primary N) is 1. The van der Waals surface area contributed by atoms with Gasteiger partial charge >= 0.3 is 16.3 Å². The Morgan fingerprint density at radius 3 is 2.85 bits per heavy atom. The molecular formula is C12H18N2O5S. The fourth-order valence-corrected chi connectivity index (χ4v) is 2.13. The zero-order valence-corrected chi connectivity index (χ0v) is 12.1. The van der Waals surface area contributed by atoms with Crippen LogP contribution in [0.1, 0.15) is 25.5 Å². The molecule has 1 aromatic heterocycles. The normalized spacial score (nSPS) is 11.1. The quantitative estimate of drug-likeness (QED) is 0.461. The molecular weight excluding hydrogens is 284 g/mol. The van der Waals surface area contributed by atoms with E-state index in [0.29, 0.717) is 17.8 Å². The van der Waals surface area contributed by atoms with Crippen molar-refractivity contribution in [2.45, 2.75) is 26.2 Å². The topological polar surface area (TPSA) is 109 Å². The molecule has 112 valence electrons. The van der Waals surface area contributed by atoms with Gasteiger partial charge in [-0.2, -0.15) is 8.42 Å². The molecule has 0 aliphatic carbocycles. The minimum absolute atomic E-state index is 0.0667. The predicted molar refractivity (Wildman–Crippen MR) is 73.5 cm³/mol. The van der Waals surface area contributed by atoms with Gasteiger partial charge in [-0.3, -0.25) is 4.98 Å². The van der Waals surface area contributed by atoms with Crippen molar-refractivity contribution in [3.8, 4) is 0 Å². The van der Waals surface area contributed by atoms with Crippen molar-refractivity contribution >= 4 is 22.0 Å². The average molecular weight is 302 g/mol. The summed E-state index contributed by atoms with van der Waals surface area (Å²) in [4.78, 5) is 15.1. The Morgan fingerprint density at radius 1 is 1.45 bits per heavy atom. The zero-order chi connectivity index (χ0) is 15.0. The van der Waals surface area contributed by atoms with Gasteiger partial charge in [0.2, 0.25) is 0 Å². The number of nitrogen functional groups attached to an aromatic ring is 1. The molecule has 0 atom stereocenters. The molecule has 0 unspecified atom stereocenters. The zero-order valence-electron chi connectivity index (χ0n) is 11.2. The highest BCUT2D eigenvalue weighted by Gasteiger charge is 2.19. The first-order valence-electron chi connectivity index (χ1n) is 6.23. The van der Waals surface area contributed by atoms with Crippen molar-refractivity contribution in [3.05, 3.63) is 24.0 Å². The van der Waals surface area contributed by atoms with Gasteiger partial charge in [0.1, 0.15) is 0 Å². The molecule has 0 aliphatic heterocycles. The molecule has 0 aromatic carbocycles. The molecule has 1 rings (SSSR count). The van der Waals surface area contributed by atoms with Crippen LogP contribution in [-0.2, 0) is 25.5 Å². The smallest absolute Gasteiger partial charge is 0.433 e. The molecule has 0 saturated carbocycles. The number of aromatic nitrogens is 1. The Balaban J connectivity index is 2.46. The number of nitrogens with zero attached hydrogens (tertiary/aromatic N) is 1. The lowest BCUT2D eigenvalue weighted by atomic mass is 10.2. The Bertz CT molecular complexity index is 545. The van der Waals surface area contributed by atoms with E-state index in [0.717, 1.165) is 6.42 Å². The number of ether oxygens (including phenoxy) is 1. The molecule has 7 nitrogen and oxygen atoms in total. The summed E-state index contributed by atoms with van der Waals surface area (Å²) in [5.74, 6) is -0.392. The van der Waals surface area contributed by atoms with Gasteiger partial charge in [-0.25, -0.2) is 4.79 Å². The summed E-state index contributed by atoms with van der Waals surface area (Å²) in [6, 6.07) is 3.27. The van der Waals surface area contributed by atoms with Gasteiger partial charge in [-0.1, -0.05) is 13.3 Å². The minimum atomic E-state index is -4.00. The molecule has 0 fully saturated rings. The fourth-order valence-electron chi connectivity index (χ4n) is 1.35. The van der Waals surface area contributed by atoms with Gasteiger partial charge < -0.3 is 14.7 Å². The summed E-state index contributed by atoms with van der Waals surface area (Å²) in [5, 5.41) is 0. The number of carbonyl (C=O) groups excluding carboxylic acids is 1. The van der Waals surface area contributed by atoms with E-state index in [4.69, 9.17) is 5.73 Å². The Morgan fingerprint density at radius 2 is 2.20 bits per heavy atom. The van der Waals surface area contributed by atoms with E-state index in [2.05, 4.69) is 13.9 Å². The highest BCUT2D eigenvalue weighted by Crippen LogP contribution is 2.09. The third-order valence-electron chi connectivity index (χ3n) is 2.43. The SMILES string of the molecule is CCCCOC(=O)OS(=O)(=O)CCc1ncccc1N. The van der Waals surface area contributed by atoms with E-state index >= 15 is 0 Å². The number of unbranched alkanes of at least 4 members (excludes halogenated alkanes) is 1. The van der Waals surface area contributed by atoms with Crippen molar-refractivity contribution in [2.24, 2.45) is 0 Å². The van der Waals surface area contributed by atoms with E-state index in [-0.39, 0.29) is 13.0 Å². The monoisotopic (exact) mass is 302 g/mol. The summed E-state index contributed by atoms with van der Waals surface area (Å²) in [6.07, 6.45) is 1.86. The molecule has 8 heteroatoms. The number of rotatable bonds is 7. The first-order chi connectivity index (χ1) is 9.44. The lowest BCUT2D eigenvalue weighted by molar-refractivity contribution is 0.100. The second-order valence-electron chi connectivity index (χ2n) is 4.09. The molecule has 1 heterocycles. The van der Waals surface area contributed by atoms with Crippen LogP contribution in [0.2, 0.25) is 0 Å². The molecule has 0 radical (unpaired) electrons. The highest BCUT2D eigenvalue weighted by molar-refractivity contribution is 7.87. The van der Waals surface area contributed by atoms with E-state index in [1.807, 2.05) is 6.92 Å². The van der Waals surface area contributed by atoms with Crippen LogP contribution in [0.4, 0.5) is 10.5 Å². The van der Waals surface area contributed by atoms with Crippen LogP contribution in [0.3, 0.4) is 0 Å². The van der Waals surface area contributed by atoms with Crippen LogP contribution < -0.4 is 5.73 Å². The molecule has 0 aliphatic rings. The number of pyridine rings is 1. The Hall–Kier alpha value is -1.83. The highest BCUT2D eigenvalue weighted by atomic mass is 32.2. The first kappa shape index (κ1) is 16.2. The molecule has 0 amide bonds. The van der Waals surface area contributed by atoms with Crippen LogP contribution in [-0.4, -0.2) is 31.9 Å². The maximum Gasteiger partial charge on any atom is 0.524 e. The van der Waals surface area contributed by atoms with Crippen LogP contribution in [0.15, 0.2) is 18.3 Å². The molecule has 1 aromatic rings. The Kier molecular flexibility index (Phi) is 6.23. The van der Waals surface area contributed by atoms with Crippen molar-refractivity contribution in [1.82, 2.24) is 4.98 Å². The van der Waals surface area contributed by atoms with Gasteiger partial charge in [-0.15, -0.1) is 0 Å². The van der Waals surface area contributed by atoms with Crippen LogP contribution in [0.25, 0.3) is 0 Å². The third kappa shape index (κ3) is 5.87. The summed E-state index contributed by atoms with van der Waals surface area (Å²) >= 11 is 0. The number of carbonyl (C=O) groups is 1. The van der Waals surface area contributed by atoms with E-state index in [1.165, 1.54) is 6.20 Å².